The number of aromatic nitrogens is 4. The molecule has 2 N–H and O–H groups in total. The van der Waals surface area contributed by atoms with Crippen LogP contribution in [0.2, 0.25) is 0 Å². The van der Waals surface area contributed by atoms with Crippen molar-refractivity contribution >= 4 is 17.5 Å². The number of hydrogen-bond donors (Lipinski definition) is 2. The Morgan fingerprint density at radius 3 is 2.71 bits per heavy atom. The lowest BCUT2D eigenvalue weighted by molar-refractivity contribution is 0.688. The minimum absolute atomic E-state index is 0.400. The molecule has 1 aliphatic rings. The molecule has 7 nitrogen and oxygen atoms in total. The standard InChI is InChI=1S/C17H25N7/c1-12(2)14-7-16(22-10-20-14)19-9-13-5-4-6-24(13)17-8-15(18-3)21-11-23-17/h7-8,10-13H,4-6,9H2,1-3H3,(H,18,21,23)(H,19,20,22). The van der Waals surface area contributed by atoms with Crippen LogP contribution in [0.5, 0.6) is 0 Å². The van der Waals surface area contributed by atoms with Gasteiger partial charge < -0.3 is 15.5 Å². The van der Waals surface area contributed by atoms with Crippen LogP contribution in [0, 0.1) is 0 Å². The Kier molecular flexibility index (Phi) is 5.08. The van der Waals surface area contributed by atoms with Gasteiger partial charge in [0.1, 0.15) is 30.1 Å². The molecular weight excluding hydrogens is 302 g/mol. The van der Waals surface area contributed by atoms with E-state index in [-0.39, 0.29) is 0 Å². The molecule has 2 aromatic rings. The van der Waals surface area contributed by atoms with Crippen molar-refractivity contribution in [1.82, 2.24) is 19.9 Å². The van der Waals surface area contributed by atoms with Crippen molar-refractivity contribution in [3.05, 3.63) is 30.5 Å². The minimum atomic E-state index is 0.400. The highest BCUT2D eigenvalue weighted by atomic mass is 15.3. The lowest BCUT2D eigenvalue weighted by Crippen LogP contribution is -2.35. The summed E-state index contributed by atoms with van der Waals surface area (Å²) in [7, 11) is 1.87. The van der Waals surface area contributed by atoms with Crippen molar-refractivity contribution in [3.8, 4) is 0 Å². The van der Waals surface area contributed by atoms with E-state index >= 15 is 0 Å². The second-order valence-corrected chi connectivity index (χ2v) is 6.36. The fourth-order valence-corrected chi connectivity index (χ4v) is 3.00. The van der Waals surface area contributed by atoms with E-state index in [1.54, 1.807) is 12.7 Å². The molecule has 1 aliphatic heterocycles. The Morgan fingerprint density at radius 2 is 1.92 bits per heavy atom. The van der Waals surface area contributed by atoms with Gasteiger partial charge in [0.05, 0.1) is 0 Å². The van der Waals surface area contributed by atoms with Gasteiger partial charge in [-0.2, -0.15) is 0 Å². The topological polar surface area (TPSA) is 78.9 Å². The number of hydrogen-bond acceptors (Lipinski definition) is 7. The molecule has 1 fully saturated rings. The molecule has 3 heterocycles. The molecule has 0 bridgehead atoms. The van der Waals surface area contributed by atoms with Crippen molar-refractivity contribution in [2.75, 3.05) is 35.7 Å². The van der Waals surface area contributed by atoms with Gasteiger partial charge in [-0.25, -0.2) is 19.9 Å². The van der Waals surface area contributed by atoms with Crippen LogP contribution in [-0.2, 0) is 0 Å². The predicted octanol–water partition coefficient (Wildman–Crippen LogP) is 2.51. The molecule has 128 valence electrons. The Hall–Kier alpha value is -2.44. The zero-order valence-corrected chi connectivity index (χ0v) is 14.5. The monoisotopic (exact) mass is 327 g/mol. The van der Waals surface area contributed by atoms with Crippen LogP contribution in [0.25, 0.3) is 0 Å². The smallest absolute Gasteiger partial charge is 0.134 e. The number of rotatable bonds is 6. The van der Waals surface area contributed by atoms with Crippen molar-refractivity contribution in [3.63, 3.8) is 0 Å². The van der Waals surface area contributed by atoms with E-state index in [1.165, 1.54) is 6.42 Å². The molecule has 0 saturated carbocycles. The number of nitrogens with one attached hydrogen (secondary N) is 2. The Morgan fingerprint density at radius 1 is 1.12 bits per heavy atom. The highest BCUT2D eigenvalue weighted by molar-refractivity contribution is 5.50. The summed E-state index contributed by atoms with van der Waals surface area (Å²) in [4.78, 5) is 19.6. The van der Waals surface area contributed by atoms with E-state index in [0.29, 0.717) is 12.0 Å². The average Bonchev–Trinajstić information content (AvgIpc) is 3.09. The van der Waals surface area contributed by atoms with Crippen LogP contribution >= 0.6 is 0 Å². The molecule has 7 heteroatoms. The van der Waals surface area contributed by atoms with Gasteiger partial charge in [-0.3, -0.25) is 0 Å². The maximum absolute atomic E-state index is 4.43. The lowest BCUT2D eigenvalue weighted by Gasteiger charge is -2.26. The summed E-state index contributed by atoms with van der Waals surface area (Å²) >= 11 is 0. The molecule has 3 rings (SSSR count). The first kappa shape index (κ1) is 16.4. The van der Waals surface area contributed by atoms with Crippen molar-refractivity contribution in [1.29, 1.82) is 0 Å². The number of anilines is 3. The zero-order valence-electron chi connectivity index (χ0n) is 14.5. The molecule has 0 radical (unpaired) electrons. The average molecular weight is 327 g/mol. The van der Waals surface area contributed by atoms with Gasteiger partial charge in [0.15, 0.2) is 0 Å². The molecule has 0 spiro atoms. The first-order valence-corrected chi connectivity index (χ1v) is 8.49. The molecule has 1 atom stereocenters. The molecule has 0 aromatic carbocycles. The van der Waals surface area contributed by atoms with Crippen molar-refractivity contribution in [2.24, 2.45) is 0 Å². The third kappa shape index (κ3) is 3.72. The fraction of sp³-hybridized carbons (Fsp3) is 0.529. The van der Waals surface area contributed by atoms with E-state index < -0.39 is 0 Å². The molecule has 0 amide bonds. The Bertz CT molecular complexity index is 673. The third-order valence-electron chi connectivity index (χ3n) is 4.38. The van der Waals surface area contributed by atoms with Crippen molar-refractivity contribution in [2.45, 2.75) is 38.6 Å². The van der Waals surface area contributed by atoms with E-state index in [0.717, 1.165) is 42.7 Å². The van der Waals surface area contributed by atoms with Crippen LogP contribution < -0.4 is 15.5 Å². The third-order valence-corrected chi connectivity index (χ3v) is 4.38. The first-order valence-electron chi connectivity index (χ1n) is 8.49. The molecule has 0 aliphatic carbocycles. The first-order chi connectivity index (χ1) is 11.7. The van der Waals surface area contributed by atoms with Crippen LogP contribution in [0.15, 0.2) is 24.8 Å². The maximum atomic E-state index is 4.43. The fourth-order valence-electron chi connectivity index (χ4n) is 3.00. The minimum Gasteiger partial charge on any atom is -0.373 e. The number of nitrogens with zero attached hydrogens (tertiary/aromatic N) is 5. The van der Waals surface area contributed by atoms with Crippen LogP contribution in [0.1, 0.15) is 38.3 Å². The molecule has 1 saturated heterocycles. The summed E-state index contributed by atoms with van der Waals surface area (Å²) in [5.41, 5.74) is 1.06. The van der Waals surface area contributed by atoms with Crippen LogP contribution in [0.3, 0.4) is 0 Å². The molecule has 24 heavy (non-hydrogen) atoms. The highest BCUT2D eigenvalue weighted by Gasteiger charge is 2.25. The normalized spacial score (nSPS) is 17.3. The molecule has 2 aromatic heterocycles. The van der Waals surface area contributed by atoms with E-state index in [4.69, 9.17) is 0 Å². The van der Waals surface area contributed by atoms with Crippen LogP contribution in [-0.4, -0.2) is 46.1 Å². The second kappa shape index (κ2) is 7.42. The van der Waals surface area contributed by atoms with Gasteiger partial charge in [0.25, 0.3) is 0 Å². The predicted molar refractivity (Wildman–Crippen MR) is 96.6 cm³/mol. The lowest BCUT2D eigenvalue weighted by atomic mass is 10.1. The second-order valence-electron chi connectivity index (χ2n) is 6.36. The molecule has 1 unspecified atom stereocenters. The summed E-state index contributed by atoms with van der Waals surface area (Å²) in [6, 6.07) is 4.44. The summed E-state index contributed by atoms with van der Waals surface area (Å²) in [6.45, 7) is 6.14. The van der Waals surface area contributed by atoms with Gasteiger partial charge >= 0.3 is 0 Å². The van der Waals surface area contributed by atoms with E-state index in [1.807, 2.05) is 19.2 Å². The highest BCUT2D eigenvalue weighted by Crippen LogP contribution is 2.25. The summed E-state index contributed by atoms with van der Waals surface area (Å²) in [5, 5.41) is 6.53. The van der Waals surface area contributed by atoms with Gasteiger partial charge in [-0.15, -0.1) is 0 Å². The van der Waals surface area contributed by atoms with E-state index in [2.05, 4.69) is 49.3 Å². The maximum Gasteiger partial charge on any atom is 0.134 e. The summed E-state index contributed by atoms with van der Waals surface area (Å²) in [5.74, 6) is 3.11. The SMILES string of the molecule is CNc1cc(N2CCCC2CNc2cc(C(C)C)ncn2)ncn1. The van der Waals surface area contributed by atoms with Gasteiger partial charge in [-0.05, 0) is 18.8 Å². The van der Waals surface area contributed by atoms with Gasteiger partial charge in [-0.1, -0.05) is 13.8 Å². The van der Waals surface area contributed by atoms with Gasteiger partial charge in [0.2, 0.25) is 0 Å². The zero-order chi connectivity index (χ0) is 16.9. The summed E-state index contributed by atoms with van der Waals surface area (Å²) < 4.78 is 0. The van der Waals surface area contributed by atoms with E-state index in [9.17, 15) is 0 Å². The Balaban J connectivity index is 1.67. The Labute approximate surface area is 143 Å². The van der Waals surface area contributed by atoms with Gasteiger partial charge in [0, 0.05) is 44.0 Å². The quantitative estimate of drug-likeness (QED) is 0.844. The summed E-state index contributed by atoms with van der Waals surface area (Å²) in [6.07, 6.45) is 5.57. The molecular formula is C17H25N7. The van der Waals surface area contributed by atoms with Crippen molar-refractivity contribution < 1.29 is 0 Å². The largest absolute Gasteiger partial charge is 0.373 e. The van der Waals surface area contributed by atoms with Crippen LogP contribution in [0.4, 0.5) is 17.5 Å².